The van der Waals surface area contributed by atoms with Crippen molar-refractivity contribution in [2.45, 2.75) is 12.5 Å². The van der Waals surface area contributed by atoms with Crippen LogP contribution in [0.15, 0.2) is 35.8 Å². The highest BCUT2D eigenvalue weighted by Gasteiger charge is 2.21. The summed E-state index contributed by atoms with van der Waals surface area (Å²) in [6.45, 7) is 1.46. The van der Waals surface area contributed by atoms with Crippen molar-refractivity contribution in [1.29, 1.82) is 0 Å². The smallest absolute Gasteiger partial charge is 0.137 e. The lowest BCUT2D eigenvalue weighted by atomic mass is 9.98. The molecule has 1 unspecified atom stereocenters. The lowest BCUT2D eigenvalue weighted by Gasteiger charge is -2.23. The van der Waals surface area contributed by atoms with Crippen LogP contribution in [0.3, 0.4) is 0 Å². The Morgan fingerprint density at radius 3 is 2.86 bits per heavy atom. The quantitative estimate of drug-likeness (QED) is 0.898. The minimum atomic E-state index is -0.585. The van der Waals surface area contributed by atoms with Gasteiger partial charge in [0.1, 0.15) is 31.0 Å². The second-order valence-corrected chi connectivity index (χ2v) is 4.78. The molecule has 3 rings (SSSR count). The molecule has 0 bridgehead atoms. The average molecular weight is 292 g/mol. The van der Waals surface area contributed by atoms with Crippen LogP contribution in [0.5, 0.6) is 0 Å². The monoisotopic (exact) mass is 292 g/mol. The van der Waals surface area contributed by atoms with Crippen LogP contribution in [-0.2, 0) is 6.54 Å². The van der Waals surface area contributed by atoms with Crippen molar-refractivity contribution < 1.29 is 8.78 Å². The molecule has 21 heavy (non-hydrogen) atoms. The van der Waals surface area contributed by atoms with Gasteiger partial charge in [-0.3, -0.25) is 9.67 Å². The molecule has 0 saturated carbocycles. The number of hydrogen-bond acceptors (Lipinski definition) is 5. The average Bonchev–Trinajstić information content (AvgIpc) is 3.11. The number of halogens is 2. The number of nitrogens with zero attached hydrogens (tertiary/aromatic N) is 5. The van der Waals surface area contributed by atoms with Crippen LogP contribution in [0.25, 0.3) is 0 Å². The van der Waals surface area contributed by atoms with Gasteiger partial charge in [0.25, 0.3) is 0 Å². The zero-order valence-corrected chi connectivity index (χ0v) is 11.2. The summed E-state index contributed by atoms with van der Waals surface area (Å²) in [4.78, 5) is 7.93. The van der Waals surface area contributed by atoms with Crippen LogP contribution in [0.2, 0.25) is 0 Å². The molecule has 2 heterocycles. The Morgan fingerprint density at radius 1 is 1.29 bits per heavy atom. The predicted octanol–water partition coefficient (Wildman–Crippen LogP) is 1.15. The fourth-order valence-corrected chi connectivity index (χ4v) is 2.32. The minimum Gasteiger partial charge on any atom is -0.308 e. The summed E-state index contributed by atoms with van der Waals surface area (Å²) in [6, 6.07) is 3.64. The molecule has 1 aliphatic rings. The number of hydrogen-bond donors (Lipinski definition) is 1. The molecule has 1 aromatic carbocycles. The highest BCUT2D eigenvalue weighted by Crippen LogP contribution is 2.23. The van der Waals surface area contributed by atoms with Gasteiger partial charge in [-0.1, -0.05) is 6.07 Å². The number of benzene rings is 1. The van der Waals surface area contributed by atoms with Crippen molar-refractivity contribution in [2.75, 3.05) is 13.2 Å². The van der Waals surface area contributed by atoms with Crippen molar-refractivity contribution in [2.24, 2.45) is 4.99 Å². The second kappa shape index (κ2) is 5.96. The van der Waals surface area contributed by atoms with E-state index in [1.807, 2.05) is 5.01 Å². The first-order valence-corrected chi connectivity index (χ1v) is 6.49. The molecular formula is C13H14F2N6. The van der Waals surface area contributed by atoms with Gasteiger partial charge in [0.05, 0.1) is 12.9 Å². The summed E-state index contributed by atoms with van der Waals surface area (Å²) in [7, 11) is 0. The third kappa shape index (κ3) is 3.22. The van der Waals surface area contributed by atoms with E-state index in [1.165, 1.54) is 18.5 Å². The molecule has 0 aliphatic carbocycles. The van der Waals surface area contributed by atoms with E-state index in [9.17, 15) is 8.78 Å². The van der Waals surface area contributed by atoms with Crippen LogP contribution in [-0.4, -0.2) is 39.3 Å². The van der Waals surface area contributed by atoms with E-state index in [0.717, 1.165) is 6.07 Å². The Labute approximate surface area is 120 Å². The Hall–Kier alpha value is -2.35. The van der Waals surface area contributed by atoms with Crippen LogP contribution in [0, 0.1) is 11.6 Å². The van der Waals surface area contributed by atoms with Crippen LogP contribution in [0.4, 0.5) is 8.78 Å². The molecule has 6 nitrogen and oxygen atoms in total. The van der Waals surface area contributed by atoms with Gasteiger partial charge in [-0.2, -0.15) is 5.10 Å². The summed E-state index contributed by atoms with van der Waals surface area (Å²) < 4.78 is 28.8. The van der Waals surface area contributed by atoms with Crippen LogP contribution >= 0.6 is 0 Å². The highest BCUT2D eigenvalue weighted by molar-refractivity contribution is 5.55. The van der Waals surface area contributed by atoms with Gasteiger partial charge >= 0.3 is 0 Å². The van der Waals surface area contributed by atoms with Gasteiger partial charge in [-0.05, 0) is 11.6 Å². The van der Waals surface area contributed by atoms with Crippen molar-refractivity contribution in [3.8, 4) is 0 Å². The molecule has 8 heteroatoms. The molecule has 0 spiro atoms. The zero-order valence-electron chi connectivity index (χ0n) is 11.2. The summed E-state index contributed by atoms with van der Waals surface area (Å²) >= 11 is 0. The van der Waals surface area contributed by atoms with E-state index < -0.39 is 11.6 Å². The van der Waals surface area contributed by atoms with E-state index in [4.69, 9.17) is 0 Å². The molecule has 0 radical (unpaired) electrons. The Bertz CT molecular complexity index is 620. The van der Waals surface area contributed by atoms with E-state index in [-0.39, 0.29) is 5.92 Å². The Balaban J connectivity index is 1.83. The molecule has 1 aliphatic heterocycles. The number of rotatable bonds is 5. The third-order valence-electron chi connectivity index (χ3n) is 3.30. The number of nitrogens with one attached hydrogen (secondary N) is 1. The molecule has 0 amide bonds. The first kappa shape index (κ1) is 13.6. The van der Waals surface area contributed by atoms with E-state index >= 15 is 0 Å². The van der Waals surface area contributed by atoms with Crippen molar-refractivity contribution >= 4 is 6.34 Å². The standard InChI is InChI=1S/C13H14F2N6/c14-11-1-2-12(13(15)3-11)10(4-20-8-16-6-18-20)5-21-9-17-7-19-21/h1-3,6-8,10H,4-5,9H2,(H,17,19). The lowest BCUT2D eigenvalue weighted by molar-refractivity contribution is 0.236. The van der Waals surface area contributed by atoms with Gasteiger partial charge in [-0.25, -0.2) is 18.8 Å². The first-order chi connectivity index (χ1) is 10.2. The van der Waals surface area contributed by atoms with Crippen LogP contribution < -0.4 is 5.43 Å². The van der Waals surface area contributed by atoms with Gasteiger partial charge in [0.15, 0.2) is 0 Å². The molecule has 1 aromatic heterocycles. The minimum absolute atomic E-state index is 0.207. The summed E-state index contributed by atoms with van der Waals surface area (Å²) in [6.07, 6.45) is 4.59. The lowest BCUT2D eigenvalue weighted by Crippen LogP contribution is -2.36. The SMILES string of the molecule is Fc1ccc(C(CN2CN=CN2)Cn2cncn2)c(F)c1. The molecule has 0 fully saturated rings. The fourth-order valence-electron chi connectivity index (χ4n) is 2.32. The largest absolute Gasteiger partial charge is 0.308 e. The molecule has 110 valence electrons. The maximum absolute atomic E-state index is 14.0. The van der Waals surface area contributed by atoms with Crippen molar-refractivity contribution in [3.05, 3.63) is 48.1 Å². The fraction of sp³-hybridized carbons (Fsp3) is 0.308. The maximum Gasteiger partial charge on any atom is 0.137 e. The first-order valence-electron chi connectivity index (χ1n) is 6.49. The molecule has 1 N–H and O–H groups in total. The Morgan fingerprint density at radius 2 is 2.19 bits per heavy atom. The number of aromatic nitrogens is 3. The molecule has 0 saturated heterocycles. The third-order valence-corrected chi connectivity index (χ3v) is 3.30. The maximum atomic E-state index is 14.0. The number of aliphatic imine (C=N–C) groups is 1. The van der Waals surface area contributed by atoms with Crippen molar-refractivity contribution in [1.82, 2.24) is 25.2 Å². The summed E-state index contributed by atoms with van der Waals surface area (Å²) in [5.74, 6) is -1.35. The van der Waals surface area contributed by atoms with Gasteiger partial charge in [0, 0.05) is 18.5 Å². The van der Waals surface area contributed by atoms with Gasteiger partial charge < -0.3 is 5.43 Å². The second-order valence-electron chi connectivity index (χ2n) is 4.78. The normalized spacial score (nSPS) is 16.1. The van der Waals surface area contributed by atoms with Crippen LogP contribution in [0.1, 0.15) is 11.5 Å². The number of hydrazine groups is 1. The highest BCUT2D eigenvalue weighted by atomic mass is 19.1. The molecule has 2 aromatic rings. The predicted molar refractivity (Wildman–Crippen MR) is 72.3 cm³/mol. The zero-order chi connectivity index (χ0) is 14.7. The van der Waals surface area contributed by atoms with Gasteiger partial charge in [0.2, 0.25) is 0 Å². The Kier molecular flexibility index (Phi) is 3.87. The van der Waals surface area contributed by atoms with E-state index in [1.54, 1.807) is 17.3 Å². The molecular weight excluding hydrogens is 278 g/mol. The van der Waals surface area contributed by atoms with E-state index in [0.29, 0.717) is 25.3 Å². The summed E-state index contributed by atoms with van der Waals surface area (Å²) in [5.41, 5.74) is 3.41. The van der Waals surface area contributed by atoms with E-state index in [2.05, 4.69) is 20.5 Å². The topological polar surface area (TPSA) is 58.3 Å². The van der Waals surface area contributed by atoms with Gasteiger partial charge in [-0.15, -0.1) is 0 Å². The van der Waals surface area contributed by atoms with Crippen molar-refractivity contribution in [3.63, 3.8) is 0 Å². The summed E-state index contributed by atoms with van der Waals surface area (Å²) in [5, 5.41) is 5.89. The molecule has 1 atom stereocenters.